The van der Waals surface area contributed by atoms with Gasteiger partial charge in [0.2, 0.25) is 0 Å². The molecule has 2 aromatic carbocycles. The molecule has 2 atom stereocenters. The van der Waals surface area contributed by atoms with Gasteiger partial charge in [-0.3, -0.25) is 0 Å². The lowest BCUT2D eigenvalue weighted by Gasteiger charge is -2.21. The minimum Gasteiger partial charge on any atom is -0.495 e. The van der Waals surface area contributed by atoms with Crippen molar-refractivity contribution in [3.8, 4) is 5.75 Å². The molecule has 0 radical (unpaired) electrons. The molecule has 0 aliphatic heterocycles. The van der Waals surface area contributed by atoms with E-state index in [-0.39, 0.29) is 30.0 Å². The van der Waals surface area contributed by atoms with E-state index in [0.29, 0.717) is 0 Å². The third-order valence-electron chi connectivity index (χ3n) is 3.83. The van der Waals surface area contributed by atoms with E-state index in [1.54, 1.807) is 12.1 Å². The number of aromatic carboxylic acids is 1. The number of aliphatic hydroxyl groups is 2. The second-order valence-electron chi connectivity index (χ2n) is 5.69. The van der Waals surface area contributed by atoms with Crippen LogP contribution in [-0.2, 0) is 11.3 Å². The third kappa shape index (κ3) is 5.44. The SMILES string of the molecule is COc1c(C(=O)O)cccc1C(O)C(O)CNC(=O)OCc1ccccc1. The fourth-order valence-corrected chi connectivity index (χ4v) is 2.46. The standard InChI is InChI=1S/C19H21NO7/c1-26-17-13(8-5-9-14(17)18(23)24)16(22)15(21)10-20-19(25)27-11-12-6-3-2-4-7-12/h2-9,15-16,21-22H,10-11H2,1H3,(H,20,25)(H,23,24). The van der Waals surface area contributed by atoms with Crippen molar-refractivity contribution in [3.05, 3.63) is 65.2 Å². The van der Waals surface area contributed by atoms with Crippen LogP contribution in [0, 0.1) is 0 Å². The molecule has 144 valence electrons. The lowest BCUT2D eigenvalue weighted by molar-refractivity contribution is 0.0170. The number of hydrogen-bond donors (Lipinski definition) is 4. The number of alkyl carbamates (subject to hydrolysis) is 1. The number of carboxylic acid groups (broad SMARTS) is 1. The molecular weight excluding hydrogens is 354 g/mol. The molecule has 0 aromatic heterocycles. The highest BCUT2D eigenvalue weighted by Crippen LogP contribution is 2.30. The Morgan fingerprint density at radius 1 is 1.07 bits per heavy atom. The monoisotopic (exact) mass is 375 g/mol. The molecule has 0 spiro atoms. The topological polar surface area (TPSA) is 125 Å². The lowest BCUT2D eigenvalue weighted by atomic mass is 10.00. The summed E-state index contributed by atoms with van der Waals surface area (Å²) in [5.74, 6) is -1.28. The molecule has 2 aromatic rings. The summed E-state index contributed by atoms with van der Waals surface area (Å²) in [6, 6.07) is 13.3. The smallest absolute Gasteiger partial charge is 0.407 e. The van der Waals surface area contributed by atoms with Crippen molar-refractivity contribution in [1.82, 2.24) is 5.32 Å². The summed E-state index contributed by atoms with van der Waals surface area (Å²) in [5.41, 5.74) is 0.768. The summed E-state index contributed by atoms with van der Waals surface area (Å²) < 4.78 is 10.1. The average molecular weight is 375 g/mol. The van der Waals surface area contributed by atoms with E-state index < -0.39 is 24.3 Å². The second-order valence-corrected chi connectivity index (χ2v) is 5.69. The minimum atomic E-state index is -1.46. The maximum absolute atomic E-state index is 11.7. The van der Waals surface area contributed by atoms with E-state index in [1.807, 2.05) is 18.2 Å². The molecule has 27 heavy (non-hydrogen) atoms. The van der Waals surface area contributed by atoms with Gasteiger partial charge < -0.3 is 30.1 Å². The molecule has 2 unspecified atom stereocenters. The van der Waals surface area contributed by atoms with Gasteiger partial charge in [0, 0.05) is 12.1 Å². The van der Waals surface area contributed by atoms with Crippen LogP contribution in [0.25, 0.3) is 0 Å². The van der Waals surface area contributed by atoms with Crippen LogP contribution < -0.4 is 10.1 Å². The summed E-state index contributed by atoms with van der Waals surface area (Å²) in [4.78, 5) is 22.9. The summed E-state index contributed by atoms with van der Waals surface area (Å²) in [6.45, 7) is -0.227. The molecule has 4 N–H and O–H groups in total. The highest BCUT2D eigenvalue weighted by molar-refractivity contribution is 5.91. The fourth-order valence-electron chi connectivity index (χ4n) is 2.46. The van der Waals surface area contributed by atoms with Crippen LogP contribution in [0.1, 0.15) is 27.6 Å². The van der Waals surface area contributed by atoms with E-state index >= 15 is 0 Å². The predicted molar refractivity (Wildman–Crippen MR) is 95.5 cm³/mol. The number of nitrogens with one attached hydrogen (secondary N) is 1. The highest BCUT2D eigenvalue weighted by atomic mass is 16.5. The largest absolute Gasteiger partial charge is 0.495 e. The van der Waals surface area contributed by atoms with E-state index in [0.717, 1.165) is 5.56 Å². The zero-order valence-electron chi connectivity index (χ0n) is 14.7. The maximum Gasteiger partial charge on any atom is 0.407 e. The van der Waals surface area contributed by atoms with E-state index in [1.165, 1.54) is 25.3 Å². The van der Waals surface area contributed by atoms with Crippen molar-refractivity contribution >= 4 is 12.1 Å². The molecule has 0 aliphatic rings. The quantitative estimate of drug-likeness (QED) is 0.553. The Morgan fingerprint density at radius 2 is 1.78 bits per heavy atom. The highest BCUT2D eigenvalue weighted by Gasteiger charge is 2.25. The molecule has 0 fully saturated rings. The Morgan fingerprint density at radius 3 is 2.41 bits per heavy atom. The number of carbonyl (C=O) groups excluding carboxylic acids is 1. The number of carboxylic acids is 1. The Labute approximate surface area is 156 Å². The molecule has 0 aliphatic carbocycles. The van der Waals surface area contributed by atoms with Crippen LogP contribution in [0.4, 0.5) is 4.79 Å². The van der Waals surface area contributed by atoms with Crippen LogP contribution >= 0.6 is 0 Å². The van der Waals surface area contributed by atoms with E-state index in [9.17, 15) is 24.9 Å². The first-order valence-corrected chi connectivity index (χ1v) is 8.15. The Bertz CT molecular complexity index is 779. The number of hydrogen-bond acceptors (Lipinski definition) is 6. The minimum absolute atomic E-state index is 0.0526. The lowest BCUT2D eigenvalue weighted by Crippen LogP contribution is -2.36. The molecule has 8 heteroatoms. The number of rotatable bonds is 8. The Hall–Kier alpha value is -3.10. The molecule has 0 heterocycles. The summed E-state index contributed by atoms with van der Waals surface area (Å²) in [7, 11) is 1.27. The first-order valence-electron chi connectivity index (χ1n) is 8.15. The van der Waals surface area contributed by atoms with Crippen molar-refractivity contribution < 1.29 is 34.4 Å². The summed E-state index contributed by atoms with van der Waals surface area (Å²) in [5, 5.41) is 32.0. The molecule has 8 nitrogen and oxygen atoms in total. The average Bonchev–Trinajstić information content (AvgIpc) is 2.69. The molecular formula is C19H21NO7. The third-order valence-corrected chi connectivity index (χ3v) is 3.83. The van der Waals surface area contributed by atoms with Gasteiger partial charge in [-0.1, -0.05) is 42.5 Å². The number of benzene rings is 2. The van der Waals surface area contributed by atoms with Crippen LogP contribution in [0.5, 0.6) is 5.75 Å². The molecule has 1 amide bonds. The first-order chi connectivity index (χ1) is 12.9. The zero-order valence-corrected chi connectivity index (χ0v) is 14.7. The van der Waals surface area contributed by atoms with Gasteiger partial charge in [0.05, 0.1) is 7.11 Å². The van der Waals surface area contributed by atoms with Crippen molar-refractivity contribution in [1.29, 1.82) is 0 Å². The summed E-state index contributed by atoms with van der Waals surface area (Å²) in [6.07, 6.45) is -3.61. The number of methoxy groups -OCH3 is 1. The summed E-state index contributed by atoms with van der Waals surface area (Å²) >= 11 is 0. The second kappa shape index (κ2) is 9.56. The molecule has 2 rings (SSSR count). The predicted octanol–water partition coefficient (Wildman–Crippen LogP) is 1.71. The van der Waals surface area contributed by atoms with Crippen LogP contribution in [-0.4, -0.2) is 47.1 Å². The van der Waals surface area contributed by atoms with Gasteiger partial charge in [-0.15, -0.1) is 0 Å². The van der Waals surface area contributed by atoms with Gasteiger partial charge in [-0.05, 0) is 11.6 Å². The van der Waals surface area contributed by atoms with Crippen molar-refractivity contribution in [2.24, 2.45) is 0 Å². The van der Waals surface area contributed by atoms with Crippen molar-refractivity contribution in [3.63, 3.8) is 0 Å². The van der Waals surface area contributed by atoms with E-state index in [4.69, 9.17) is 9.47 Å². The number of para-hydroxylation sites is 1. The molecule has 0 saturated carbocycles. The van der Waals surface area contributed by atoms with Gasteiger partial charge in [0.25, 0.3) is 0 Å². The van der Waals surface area contributed by atoms with Gasteiger partial charge in [-0.2, -0.15) is 0 Å². The zero-order chi connectivity index (χ0) is 19.8. The Balaban J connectivity index is 1.93. The fraction of sp³-hybridized carbons (Fsp3) is 0.263. The number of amides is 1. The normalized spacial score (nSPS) is 12.7. The first kappa shape index (κ1) is 20.2. The number of aliphatic hydroxyl groups excluding tert-OH is 2. The Kier molecular flexibility index (Phi) is 7.16. The molecule has 0 saturated heterocycles. The van der Waals surface area contributed by atoms with Gasteiger partial charge in [0.15, 0.2) is 0 Å². The van der Waals surface area contributed by atoms with Crippen molar-refractivity contribution in [2.75, 3.05) is 13.7 Å². The van der Waals surface area contributed by atoms with Crippen LogP contribution in [0.15, 0.2) is 48.5 Å². The number of ether oxygens (including phenoxy) is 2. The van der Waals surface area contributed by atoms with Crippen LogP contribution in [0.3, 0.4) is 0 Å². The van der Waals surface area contributed by atoms with Crippen LogP contribution in [0.2, 0.25) is 0 Å². The van der Waals surface area contributed by atoms with Gasteiger partial charge in [0.1, 0.15) is 30.1 Å². The molecule has 0 bridgehead atoms. The maximum atomic E-state index is 11.7. The van der Waals surface area contributed by atoms with Gasteiger partial charge in [-0.25, -0.2) is 9.59 Å². The number of carbonyl (C=O) groups is 2. The van der Waals surface area contributed by atoms with E-state index in [2.05, 4.69) is 5.32 Å². The van der Waals surface area contributed by atoms with Gasteiger partial charge >= 0.3 is 12.1 Å². The van der Waals surface area contributed by atoms with Crippen molar-refractivity contribution in [2.45, 2.75) is 18.8 Å².